The van der Waals surface area contributed by atoms with Crippen LogP contribution in [0.25, 0.3) is 0 Å². The molecule has 1 fully saturated rings. The summed E-state index contributed by atoms with van der Waals surface area (Å²) < 4.78 is 0. The minimum atomic E-state index is -0.282. The lowest BCUT2D eigenvalue weighted by Gasteiger charge is -2.11. The molecule has 0 amide bonds. The second-order valence-corrected chi connectivity index (χ2v) is 3.12. The van der Waals surface area contributed by atoms with Crippen LogP contribution in [0.3, 0.4) is 0 Å². The molecule has 0 aromatic rings. The maximum Gasteiger partial charge on any atom is 0.108 e. The van der Waals surface area contributed by atoms with Crippen LogP contribution in [0.4, 0.5) is 0 Å². The predicted octanol–water partition coefficient (Wildman–Crippen LogP) is 0.569. The lowest BCUT2D eigenvalue weighted by molar-refractivity contribution is 0.111. The third-order valence-electron chi connectivity index (χ3n) is 2.55. The fraction of sp³-hybridized carbons (Fsp3) is 1.00. The highest BCUT2D eigenvalue weighted by Gasteiger charge is 2.32. The van der Waals surface area contributed by atoms with E-state index in [1.807, 2.05) is 0 Å². The van der Waals surface area contributed by atoms with Crippen molar-refractivity contribution in [2.75, 3.05) is 0 Å². The fourth-order valence-corrected chi connectivity index (χ4v) is 1.32. The summed E-state index contributed by atoms with van der Waals surface area (Å²) in [5.74, 6) is 1.000. The van der Waals surface area contributed by atoms with E-state index in [-0.39, 0.29) is 6.23 Å². The smallest absolute Gasteiger partial charge is 0.108 e. The lowest BCUT2D eigenvalue weighted by Crippen LogP contribution is -2.28. The van der Waals surface area contributed by atoms with Crippen molar-refractivity contribution in [2.45, 2.75) is 33.0 Å². The minimum Gasteiger partial charge on any atom is -0.378 e. The maximum absolute atomic E-state index is 9.23. The zero-order chi connectivity index (χ0) is 7.02. The van der Waals surface area contributed by atoms with Gasteiger partial charge in [0, 0.05) is 6.04 Å². The van der Waals surface area contributed by atoms with Crippen molar-refractivity contribution in [2.24, 2.45) is 11.8 Å². The third kappa shape index (κ3) is 1.10. The van der Waals surface area contributed by atoms with E-state index in [9.17, 15) is 5.11 Å². The topological polar surface area (TPSA) is 32.3 Å². The summed E-state index contributed by atoms with van der Waals surface area (Å²) in [6.45, 7) is 6.35. The van der Waals surface area contributed by atoms with E-state index < -0.39 is 0 Å². The Kier molecular flexibility index (Phi) is 1.78. The summed E-state index contributed by atoms with van der Waals surface area (Å²) >= 11 is 0. The van der Waals surface area contributed by atoms with Crippen LogP contribution in [0.1, 0.15) is 20.8 Å². The van der Waals surface area contributed by atoms with E-state index in [2.05, 4.69) is 26.1 Å². The summed E-state index contributed by atoms with van der Waals surface area (Å²) in [4.78, 5) is 0. The van der Waals surface area contributed by atoms with Gasteiger partial charge in [-0.25, -0.2) is 0 Å². The van der Waals surface area contributed by atoms with Crippen LogP contribution in [0.2, 0.25) is 0 Å². The van der Waals surface area contributed by atoms with Gasteiger partial charge in [0.2, 0.25) is 0 Å². The highest BCUT2D eigenvalue weighted by atomic mass is 16.3. The molecule has 0 aromatic heterocycles. The average Bonchev–Trinajstić information content (AvgIpc) is 1.98. The molecule has 1 unspecified atom stereocenters. The Balaban J connectivity index is 2.54. The highest BCUT2D eigenvalue weighted by molar-refractivity contribution is 4.85. The van der Waals surface area contributed by atoms with Crippen LogP contribution >= 0.6 is 0 Å². The number of aliphatic hydroxyl groups excluding tert-OH is 1. The van der Waals surface area contributed by atoms with Gasteiger partial charge in [-0.3, -0.25) is 5.32 Å². The predicted molar refractivity (Wildman–Crippen MR) is 36.9 cm³/mol. The molecule has 1 aliphatic heterocycles. The van der Waals surface area contributed by atoms with Gasteiger partial charge < -0.3 is 5.11 Å². The van der Waals surface area contributed by atoms with Crippen LogP contribution in [0.15, 0.2) is 0 Å². The van der Waals surface area contributed by atoms with Gasteiger partial charge in [0.15, 0.2) is 0 Å². The number of hydrogen-bond donors (Lipinski definition) is 2. The molecule has 2 nitrogen and oxygen atoms in total. The largest absolute Gasteiger partial charge is 0.378 e. The van der Waals surface area contributed by atoms with Crippen LogP contribution in [0, 0.1) is 11.8 Å². The molecule has 0 radical (unpaired) electrons. The number of rotatable bonds is 0. The Labute approximate surface area is 56.3 Å². The van der Waals surface area contributed by atoms with Gasteiger partial charge in [-0.05, 0) is 18.8 Å². The molecule has 0 spiro atoms. The molecular formula is C7H15NO. The summed E-state index contributed by atoms with van der Waals surface area (Å²) in [7, 11) is 0. The summed E-state index contributed by atoms with van der Waals surface area (Å²) in [6, 6.07) is 0.468. The second kappa shape index (κ2) is 2.27. The number of aliphatic hydroxyl groups is 1. The molecule has 9 heavy (non-hydrogen) atoms. The maximum atomic E-state index is 9.23. The van der Waals surface area contributed by atoms with Gasteiger partial charge in [0.05, 0.1) is 0 Å². The van der Waals surface area contributed by atoms with Crippen LogP contribution in [0.5, 0.6) is 0 Å². The zero-order valence-electron chi connectivity index (χ0n) is 6.26. The first kappa shape index (κ1) is 7.03. The Bertz CT molecular complexity index is 93.1. The van der Waals surface area contributed by atoms with Crippen molar-refractivity contribution >= 4 is 0 Å². The van der Waals surface area contributed by atoms with E-state index in [1.54, 1.807) is 0 Å². The van der Waals surface area contributed by atoms with Gasteiger partial charge >= 0.3 is 0 Å². The number of nitrogens with one attached hydrogen (secondary N) is 1. The molecule has 4 atom stereocenters. The SMILES string of the molecule is C[C@H]1[C@@H](C)NC(O)[C@@H]1C. The van der Waals surface area contributed by atoms with E-state index >= 15 is 0 Å². The van der Waals surface area contributed by atoms with Crippen molar-refractivity contribution in [1.82, 2.24) is 5.32 Å². The summed E-state index contributed by atoms with van der Waals surface area (Å²) in [5.41, 5.74) is 0. The van der Waals surface area contributed by atoms with Crippen molar-refractivity contribution in [3.05, 3.63) is 0 Å². The molecule has 2 heteroatoms. The zero-order valence-corrected chi connectivity index (χ0v) is 6.26. The molecule has 1 heterocycles. The van der Waals surface area contributed by atoms with Crippen molar-refractivity contribution in [3.63, 3.8) is 0 Å². The quantitative estimate of drug-likeness (QED) is 0.501. The average molecular weight is 129 g/mol. The Morgan fingerprint density at radius 3 is 1.78 bits per heavy atom. The van der Waals surface area contributed by atoms with E-state index in [1.165, 1.54) is 0 Å². The van der Waals surface area contributed by atoms with Gasteiger partial charge in [-0.1, -0.05) is 13.8 Å². The Morgan fingerprint density at radius 2 is 1.67 bits per heavy atom. The fourth-order valence-electron chi connectivity index (χ4n) is 1.32. The molecule has 0 aromatic carbocycles. The first-order valence-corrected chi connectivity index (χ1v) is 3.57. The molecule has 0 bridgehead atoms. The molecule has 1 saturated heterocycles. The van der Waals surface area contributed by atoms with Crippen LogP contribution in [-0.4, -0.2) is 17.4 Å². The van der Waals surface area contributed by atoms with Crippen molar-refractivity contribution < 1.29 is 5.11 Å². The van der Waals surface area contributed by atoms with Gasteiger partial charge in [0.1, 0.15) is 6.23 Å². The minimum absolute atomic E-state index is 0.282. The summed E-state index contributed by atoms with van der Waals surface area (Å²) in [6.07, 6.45) is -0.282. The molecule has 1 aliphatic rings. The normalized spacial score (nSPS) is 52.0. The van der Waals surface area contributed by atoms with E-state index in [0.717, 1.165) is 0 Å². The van der Waals surface area contributed by atoms with E-state index in [0.29, 0.717) is 17.9 Å². The monoisotopic (exact) mass is 129 g/mol. The van der Waals surface area contributed by atoms with Crippen LogP contribution < -0.4 is 5.32 Å². The second-order valence-electron chi connectivity index (χ2n) is 3.12. The molecule has 1 rings (SSSR count). The van der Waals surface area contributed by atoms with Gasteiger partial charge in [0.25, 0.3) is 0 Å². The summed E-state index contributed by atoms with van der Waals surface area (Å²) in [5, 5.41) is 12.3. The van der Waals surface area contributed by atoms with Gasteiger partial charge in [-0.15, -0.1) is 0 Å². The molecule has 2 N–H and O–H groups in total. The standard InChI is InChI=1S/C7H15NO/c1-4-5(2)7(9)8-6(4)3/h4-9H,1-3H3/t4-,5-,6-,7?/m1/s1. The Hall–Kier alpha value is -0.0800. The first-order chi connectivity index (χ1) is 4.13. The Morgan fingerprint density at radius 1 is 1.11 bits per heavy atom. The molecule has 54 valence electrons. The third-order valence-corrected chi connectivity index (χ3v) is 2.55. The molecule has 0 aliphatic carbocycles. The lowest BCUT2D eigenvalue weighted by atomic mass is 9.94. The van der Waals surface area contributed by atoms with E-state index in [4.69, 9.17) is 0 Å². The number of hydrogen-bond acceptors (Lipinski definition) is 2. The van der Waals surface area contributed by atoms with Crippen molar-refractivity contribution in [1.29, 1.82) is 0 Å². The highest BCUT2D eigenvalue weighted by Crippen LogP contribution is 2.24. The van der Waals surface area contributed by atoms with Crippen LogP contribution in [-0.2, 0) is 0 Å². The molecular weight excluding hydrogens is 114 g/mol. The molecule has 0 saturated carbocycles. The first-order valence-electron chi connectivity index (χ1n) is 3.57. The van der Waals surface area contributed by atoms with Crippen molar-refractivity contribution in [3.8, 4) is 0 Å². The van der Waals surface area contributed by atoms with Gasteiger partial charge in [-0.2, -0.15) is 0 Å².